The molecule has 0 bridgehead atoms. The van der Waals surface area contributed by atoms with Gasteiger partial charge in [0.15, 0.2) is 5.96 Å². The van der Waals surface area contributed by atoms with Gasteiger partial charge < -0.3 is 10.2 Å². The Hall–Kier alpha value is -1.94. The minimum absolute atomic E-state index is 0. The smallest absolute Gasteiger partial charge is 0.194 e. The molecule has 0 aliphatic rings. The van der Waals surface area contributed by atoms with Crippen LogP contribution in [0.15, 0.2) is 46.9 Å². The highest BCUT2D eigenvalue weighted by Gasteiger charge is 2.10. The van der Waals surface area contributed by atoms with E-state index in [2.05, 4.69) is 42.8 Å². The first kappa shape index (κ1) is 21.4. The third-order valence-electron chi connectivity index (χ3n) is 4.04. The van der Waals surface area contributed by atoms with Crippen LogP contribution in [0.3, 0.4) is 0 Å². The van der Waals surface area contributed by atoms with Gasteiger partial charge in [0, 0.05) is 32.2 Å². The number of hydrogen-bond donors (Lipinski definition) is 1. The number of nitrogens with zero attached hydrogens (tertiary/aromatic N) is 5. The maximum Gasteiger partial charge on any atom is 0.194 e. The van der Waals surface area contributed by atoms with E-state index in [1.54, 1.807) is 18.4 Å². The molecule has 0 atom stereocenters. The van der Waals surface area contributed by atoms with Crippen molar-refractivity contribution in [2.24, 2.45) is 4.99 Å². The molecule has 0 fully saturated rings. The number of aliphatic imine (C=N–C) groups is 1. The van der Waals surface area contributed by atoms with E-state index >= 15 is 0 Å². The zero-order chi connectivity index (χ0) is 18.5. The van der Waals surface area contributed by atoms with Gasteiger partial charge in [-0.1, -0.05) is 18.2 Å². The Kier molecular flexibility index (Phi) is 7.78. The summed E-state index contributed by atoms with van der Waals surface area (Å²) in [7, 11) is 3.82. The number of guanidine groups is 1. The predicted octanol–water partition coefficient (Wildman–Crippen LogP) is 3.77. The summed E-state index contributed by atoms with van der Waals surface area (Å²) < 4.78 is 1.91. The zero-order valence-corrected chi connectivity index (χ0v) is 19.2. The summed E-state index contributed by atoms with van der Waals surface area (Å²) in [6, 6.07) is 10.3. The van der Waals surface area contributed by atoms with Crippen molar-refractivity contribution in [2.45, 2.75) is 26.9 Å². The topological polar surface area (TPSA) is 58.3 Å². The number of rotatable bonds is 5. The molecule has 2 aromatic heterocycles. The van der Waals surface area contributed by atoms with Crippen LogP contribution in [-0.4, -0.2) is 39.7 Å². The van der Waals surface area contributed by atoms with Crippen LogP contribution in [0.2, 0.25) is 0 Å². The quantitative estimate of drug-likeness (QED) is 0.332. The lowest BCUT2D eigenvalue weighted by molar-refractivity contribution is 0.470. The Bertz CT molecular complexity index is 901. The van der Waals surface area contributed by atoms with Gasteiger partial charge in [0.1, 0.15) is 0 Å². The highest BCUT2D eigenvalue weighted by Crippen LogP contribution is 2.14. The van der Waals surface area contributed by atoms with Gasteiger partial charge in [-0.25, -0.2) is 9.67 Å². The summed E-state index contributed by atoms with van der Waals surface area (Å²) in [5.41, 5.74) is 4.29. The molecule has 0 spiro atoms. The third-order valence-corrected chi connectivity index (χ3v) is 4.86. The Labute approximate surface area is 181 Å². The number of thiazole rings is 1. The van der Waals surface area contributed by atoms with Gasteiger partial charge in [-0.2, -0.15) is 5.10 Å². The van der Waals surface area contributed by atoms with Crippen molar-refractivity contribution in [2.75, 3.05) is 14.1 Å². The number of nitrogens with one attached hydrogen (secondary N) is 1. The lowest BCUT2D eigenvalue weighted by Gasteiger charge is -2.22. The van der Waals surface area contributed by atoms with Crippen LogP contribution >= 0.6 is 35.3 Å². The Morgan fingerprint density at radius 3 is 2.67 bits per heavy atom. The second kappa shape index (κ2) is 9.84. The first-order valence-corrected chi connectivity index (χ1v) is 9.38. The summed E-state index contributed by atoms with van der Waals surface area (Å²) >= 11 is 1.67. The summed E-state index contributed by atoms with van der Waals surface area (Å²) in [6.45, 7) is 5.41. The van der Waals surface area contributed by atoms with Crippen LogP contribution in [0.4, 0.5) is 0 Å². The molecule has 0 aliphatic heterocycles. The normalized spacial score (nSPS) is 11.2. The van der Waals surface area contributed by atoms with E-state index in [0.29, 0.717) is 6.54 Å². The molecule has 0 saturated carbocycles. The molecule has 1 aromatic carbocycles. The second-order valence-corrected chi connectivity index (χ2v) is 7.21. The first-order valence-electron chi connectivity index (χ1n) is 8.50. The molecule has 2 heterocycles. The molecule has 27 heavy (non-hydrogen) atoms. The largest absolute Gasteiger partial charge is 0.352 e. The van der Waals surface area contributed by atoms with Crippen molar-refractivity contribution in [3.63, 3.8) is 0 Å². The molecule has 144 valence electrons. The number of benzene rings is 1. The molecule has 3 rings (SSSR count). The zero-order valence-electron chi connectivity index (χ0n) is 16.0. The van der Waals surface area contributed by atoms with E-state index < -0.39 is 0 Å². The lowest BCUT2D eigenvalue weighted by atomic mass is 10.2. The Morgan fingerprint density at radius 2 is 2.04 bits per heavy atom. The van der Waals surface area contributed by atoms with Gasteiger partial charge in [-0.05, 0) is 31.5 Å². The minimum Gasteiger partial charge on any atom is -0.352 e. The molecule has 0 aliphatic carbocycles. The molecular weight excluding hydrogens is 471 g/mol. The van der Waals surface area contributed by atoms with Crippen molar-refractivity contribution >= 4 is 41.3 Å². The number of aromatic nitrogens is 3. The molecule has 0 saturated heterocycles. The maximum absolute atomic E-state index is 4.52. The van der Waals surface area contributed by atoms with Gasteiger partial charge in [0.05, 0.1) is 28.6 Å². The van der Waals surface area contributed by atoms with Gasteiger partial charge in [0.25, 0.3) is 0 Å². The van der Waals surface area contributed by atoms with Crippen molar-refractivity contribution in [1.82, 2.24) is 25.0 Å². The van der Waals surface area contributed by atoms with E-state index in [0.717, 1.165) is 40.2 Å². The van der Waals surface area contributed by atoms with Crippen LogP contribution in [0, 0.1) is 13.8 Å². The molecular formula is C19H25IN6S. The van der Waals surface area contributed by atoms with E-state index in [4.69, 9.17) is 0 Å². The van der Waals surface area contributed by atoms with E-state index in [1.165, 1.54) is 0 Å². The van der Waals surface area contributed by atoms with E-state index in [9.17, 15) is 0 Å². The molecule has 8 heteroatoms. The van der Waals surface area contributed by atoms with Gasteiger partial charge in [-0.3, -0.25) is 4.99 Å². The van der Waals surface area contributed by atoms with Crippen LogP contribution in [0.1, 0.15) is 22.0 Å². The number of aryl methyl sites for hydroxylation is 2. The Balaban J connectivity index is 0.00000261. The average Bonchev–Trinajstić information content (AvgIpc) is 3.24. The fourth-order valence-corrected chi connectivity index (χ4v) is 3.39. The van der Waals surface area contributed by atoms with E-state index in [1.807, 2.05) is 50.0 Å². The SMILES string of the molecule is CN=C(NCc1ccccc1-n1ccc(C)n1)N(C)Cc1csc(C)n1.I. The fourth-order valence-electron chi connectivity index (χ4n) is 2.79. The Morgan fingerprint density at radius 1 is 1.26 bits per heavy atom. The number of para-hydroxylation sites is 1. The van der Waals surface area contributed by atoms with Crippen LogP contribution in [0.25, 0.3) is 5.69 Å². The van der Waals surface area contributed by atoms with Crippen molar-refractivity contribution < 1.29 is 0 Å². The number of hydrogen-bond acceptors (Lipinski definition) is 4. The third kappa shape index (κ3) is 5.52. The predicted molar refractivity (Wildman–Crippen MR) is 122 cm³/mol. The van der Waals surface area contributed by atoms with Gasteiger partial charge >= 0.3 is 0 Å². The van der Waals surface area contributed by atoms with Crippen molar-refractivity contribution in [3.05, 3.63) is 63.9 Å². The highest BCUT2D eigenvalue weighted by molar-refractivity contribution is 14.0. The average molecular weight is 496 g/mol. The molecule has 0 unspecified atom stereocenters. The molecule has 0 radical (unpaired) electrons. The lowest BCUT2D eigenvalue weighted by Crippen LogP contribution is -2.38. The monoisotopic (exact) mass is 496 g/mol. The van der Waals surface area contributed by atoms with Crippen LogP contribution in [-0.2, 0) is 13.1 Å². The van der Waals surface area contributed by atoms with Crippen molar-refractivity contribution in [1.29, 1.82) is 0 Å². The molecule has 0 amide bonds. The minimum atomic E-state index is 0. The molecule has 1 N–H and O–H groups in total. The molecule has 3 aromatic rings. The van der Waals surface area contributed by atoms with Crippen LogP contribution < -0.4 is 5.32 Å². The first-order chi connectivity index (χ1) is 12.6. The maximum atomic E-state index is 4.52. The van der Waals surface area contributed by atoms with Gasteiger partial charge in [0.2, 0.25) is 0 Å². The summed E-state index contributed by atoms with van der Waals surface area (Å²) in [5.74, 6) is 0.835. The summed E-state index contributed by atoms with van der Waals surface area (Å²) in [4.78, 5) is 11.0. The number of halogens is 1. The summed E-state index contributed by atoms with van der Waals surface area (Å²) in [5, 5.41) is 11.1. The van der Waals surface area contributed by atoms with Gasteiger partial charge in [-0.15, -0.1) is 35.3 Å². The van der Waals surface area contributed by atoms with Crippen LogP contribution in [0.5, 0.6) is 0 Å². The van der Waals surface area contributed by atoms with E-state index in [-0.39, 0.29) is 24.0 Å². The fraction of sp³-hybridized carbons (Fsp3) is 0.316. The standard InChI is InChI=1S/C19H24N6S.HI/c1-14-9-10-25(23-14)18-8-6-5-7-16(18)11-21-19(20-3)24(4)12-17-13-26-15(2)22-17;/h5-10,13H,11-12H2,1-4H3,(H,20,21);1H. The molecule has 6 nitrogen and oxygen atoms in total. The van der Waals surface area contributed by atoms with Crippen molar-refractivity contribution in [3.8, 4) is 5.69 Å². The summed E-state index contributed by atoms with van der Waals surface area (Å²) in [6.07, 6.45) is 1.99. The highest BCUT2D eigenvalue weighted by atomic mass is 127. The second-order valence-electron chi connectivity index (χ2n) is 6.15.